The lowest BCUT2D eigenvalue weighted by atomic mass is 9.96. The Morgan fingerprint density at radius 1 is 0.882 bits per heavy atom. The lowest BCUT2D eigenvalue weighted by Crippen LogP contribution is -2.29. The maximum Gasteiger partial charge on any atom is 0.174 e. The second kappa shape index (κ2) is 8.90. The largest absolute Gasteiger partial charge is 0.351 e. The third kappa shape index (κ3) is 3.99. The molecule has 0 saturated carbocycles. The molecule has 34 heavy (non-hydrogen) atoms. The van der Waals surface area contributed by atoms with Gasteiger partial charge < -0.3 is 14.8 Å². The zero-order chi connectivity index (χ0) is 24.0. The van der Waals surface area contributed by atoms with Crippen LogP contribution in [-0.4, -0.2) is 14.7 Å². The molecule has 1 N–H and O–H groups in total. The molecule has 4 aromatic rings. The fourth-order valence-corrected chi connectivity index (χ4v) is 5.67. The molecule has 0 amide bonds. The minimum Gasteiger partial charge on any atom is -0.351 e. The molecule has 2 aromatic carbocycles. The zero-order valence-electron chi connectivity index (χ0n) is 19.7. The Bertz CT molecular complexity index is 1360. The van der Waals surface area contributed by atoms with Gasteiger partial charge in [-0.05, 0) is 105 Å². The number of anilines is 1. The van der Waals surface area contributed by atoms with E-state index >= 15 is 0 Å². The number of hydrogen-bond donors (Lipinski definition) is 1. The molecule has 4 nitrogen and oxygen atoms in total. The highest BCUT2D eigenvalue weighted by atomic mass is 35.5. The van der Waals surface area contributed by atoms with Crippen LogP contribution in [0.4, 0.5) is 5.69 Å². The van der Waals surface area contributed by atoms with E-state index in [0.717, 1.165) is 33.5 Å². The van der Waals surface area contributed by atoms with Crippen molar-refractivity contribution in [3.05, 3.63) is 112 Å². The van der Waals surface area contributed by atoms with E-state index in [1.165, 1.54) is 16.7 Å². The third-order valence-corrected chi connectivity index (χ3v) is 6.99. The van der Waals surface area contributed by atoms with Crippen LogP contribution in [0.1, 0.15) is 45.9 Å². The molecule has 2 atom stereocenters. The highest BCUT2D eigenvalue weighted by Crippen LogP contribution is 2.44. The molecule has 0 unspecified atom stereocenters. The van der Waals surface area contributed by atoms with Crippen LogP contribution in [0.2, 0.25) is 5.02 Å². The van der Waals surface area contributed by atoms with E-state index in [-0.39, 0.29) is 12.1 Å². The number of pyridine rings is 1. The Labute approximate surface area is 211 Å². The molecule has 5 rings (SSSR count). The quantitative estimate of drug-likeness (QED) is 0.317. The van der Waals surface area contributed by atoms with Gasteiger partial charge in [0.25, 0.3) is 0 Å². The van der Waals surface area contributed by atoms with E-state index in [1.807, 2.05) is 36.5 Å². The first-order valence-electron chi connectivity index (χ1n) is 11.4. The monoisotopic (exact) mass is 486 g/mol. The molecule has 1 aliphatic heterocycles. The van der Waals surface area contributed by atoms with E-state index in [1.54, 1.807) is 0 Å². The van der Waals surface area contributed by atoms with Gasteiger partial charge in [0, 0.05) is 34.0 Å². The van der Waals surface area contributed by atoms with E-state index in [0.29, 0.717) is 5.11 Å². The molecule has 0 spiro atoms. The number of aryl methyl sites for hydroxylation is 3. The van der Waals surface area contributed by atoms with Gasteiger partial charge >= 0.3 is 0 Å². The Morgan fingerprint density at radius 2 is 1.65 bits per heavy atom. The average Bonchev–Trinajstić information content (AvgIpc) is 3.29. The molecular weight excluding hydrogens is 460 g/mol. The van der Waals surface area contributed by atoms with Gasteiger partial charge in [0.1, 0.15) is 0 Å². The van der Waals surface area contributed by atoms with Crippen molar-refractivity contribution < 1.29 is 0 Å². The van der Waals surface area contributed by atoms with Crippen LogP contribution in [0.5, 0.6) is 0 Å². The summed E-state index contributed by atoms with van der Waals surface area (Å²) in [6.45, 7) is 8.55. The molecule has 0 radical (unpaired) electrons. The predicted molar refractivity (Wildman–Crippen MR) is 144 cm³/mol. The van der Waals surface area contributed by atoms with E-state index in [4.69, 9.17) is 23.8 Å². The number of benzene rings is 2. The molecule has 2 aromatic heterocycles. The van der Waals surface area contributed by atoms with Gasteiger partial charge in [0.2, 0.25) is 0 Å². The van der Waals surface area contributed by atoms with Crippen molar-refractivity contribution in [3.63, 3.8) is 0 Å². The SMILES string of the molecule is Cc1cc(C)cc(N2C(=S)N[C@H](c3ccccn3)[C@@H]2c2cc(C)n(-c3cccc(Cl)c3)c2C)c1. The fraction of sp³-hybridized carbons (Fsp3) is 0.214. The highest BCUT2D eigenvalue weighted by Gasteiger charge is 2.42. The number of hydrogen-bond acceptors (Lipinski definition) is 2. The lowest BCUT2D eigenvalue weighted by Gasteiger charge is -2.29. The maximum absolute atomic E-state index is 6.33. The van der Waals surface area contributed by atoms with Gasteiger partial charge in [-0.25, -0.2) is 0 Å². The van der Waals surface area contributed by atoms with Crippen molar-refractivity contribution in [2.45, 2.75) is 39.8 Å². The smallest absolute Gasteiger partial charge is 0.174 e. The van der Waals surface area contributed by atoms with Gasteiger partial charge in [-0.15, -0.1) is 0 Å². The normalized spacial score (nSPS) is 17.8. The van der Waals surface area contributed by atoms with Gasteiger partial charge in [0.05, 0.1) is 17.8 Å². The highest BCUT2D eigenvalue weighted by molar-refractivity contribution is 7.80. The molecule has 6 heteroatoms. The topological polar surface area (TPSA) is 33.1 Å². The number of aromatic nitrogens is 2. The molecule has 172 valence electrons. The van der Waals surface area contributed by atoms with E-state index in [9.17, 15) is 0 Å². The summed E-state index contributed by atoms with van der Waals surface area (Å²) >= 11 is 12.3. The number of halogens is 1. The molecule has 1 fully saturated rings. The van der Waals surface area contributed by atoms with Crippen molar-refractivity contribution in [2.75, 3.05) is 4.90 Å². The molecule has 1 saturated heterocycles. The molecular formula is C28H27ClN4S. The zero-order valence-corrected chi connectivity index (χ0v) is 21.3. The standard InChI is InChI=1S/C28H27ClN4S/c1-17-12-18(2)14-23(13-17)33-27(26(31-28(33)34)25-10-5-6-11-30-25)24-15-19(3)32(20(24)4)22-9-7-8-21(29)16-22/h5-16,26-27H,1-4H3,(H,31,34)/t26-,27+/m1/s1. The Hall–Kier alpha value is -3.15. The predicted octanol–water partition coefficient (Wildman–Crippen LogP) is 6.94. The second-order valence-corrected chi connectivity index (χ2v) is 9.81. The van der Waals surface area contributed by atoms with Crippen LogP contribution < -0.4 is 10.2 Å². The van der Waals surface area contributed by atoms with Crippen LogP contribution in [0, 0.1) is 27.7 Å². The summed E-state index contributed by atoms with van der Waals surface area (Å²) < 4.78 is 2.26. The lowest BCUT2D eigenvalue weighted by molar-refractivity contribution is 0.565. The summed E-state index contributed by atoms with van der Waals surface area (Å²) in [4.78, 5) is 6.94. The maximum atomic E-state index is 6.33. The van der Waals surface area contributed by atoms with E-state index < -0.39 is 0 Å². The fourth-order valence-electron chi connectivity index (χ4n) is 5.14. The van der Waals surface area contributed by atoms with Crippen LogP contribution in [0.15, 0.2) is 72.9 Å². The Morgan fingerprint density at radius 3 is 2.32 bits per heavy atom. The number of nitrogens with one attached hydrogen (secondary N) is 1. The second-order valence-electron chi connectivity index (χ2n) is 8.98. The first kappa shape index (κ1) is 22.6. The van der Waals surface area contributed by atoms with Gasteiger partial charge in [-0.3, -0.25) is 4.98 Å². The summed E-state index contributed by atoms with van der Waals surface area (Å²) in [5.41, 5.74) is 9.04. The summed E-state index contributed by atoms with van der Waals surface area (Å²) in [6, 6.07) is 22.7. The van der Waals surface area contributed by atoms with Crippen molar-refractivity contribution in [3.8, 4) is 5.69 Å². The van der Waals surface area contributed by atoms with Crippen LogP contribution in [0.3, 0.4) is 0 Å². The minimum atomic E-state index is -0.0807. The number of thiocarbonyl (C=S) groups is 1. The number of rotatable bonds is 4. The van der Waals surface area contributed by atoms with Crippen LogP contribution in [-0.2, 0) is 0 Å². The van der Waals surface area contributed by atoms with Gasteiger partial charge in [-0.1, -0.05) is 29.8 Å². The first-order valence-corrected chi connectivity index (χ1v) is 12.2. The van der Waals surface area contributed by atoms with Crippen molar-refractivity contribution >= 4 is 34.6 Å². The molecule has 0 aliphatic carbocycles. The Kier molecular flexibility index (Phi) is 5.92. The summed E-state index contributed by atoms with van der Waals surface area (Å²) in [5.74, 6) is 0. The van der Waals surface area contributed by atoms with Gasteiger partial charge in [0.15, 0.2) is 5.11 Å². The Balaban J connectivity index is 1.70. The number of nitrogens with zero attached hydrogens (tertiary/aromatic N) is 3. The summed E-state index contributed by atoms with van der Waals surface area (Å²) in [6.07, 6.45) is 1.84. The summed E-state index contributed by atoms with van der Waals surface area (Å²) in [5, 5.41) is 5.00. The van der Waals surface area contributed by atoms with Crippen LogP contribution >= 0.6 is 23.8 Å². The average molecular weight is 487 g/mol. The third-order valence-electron chi connectivity index (χ3n) is 6.44. The summed E-state index contributed by atoms with van der Waals surface area (Å²) in [7, 11) is 0. The van der Waals surface area contributed by atoms with Crippen molar-refractivity contribution in [2.24, 2.45) is 0 Å². The van der Waals surface area contributed by atoms with Gasteiger partial charge in [-0.2, -0.15) is 0 Å². The van der Waals surface area contributed by atoms with Crippen molar-refractivity contribution in [1.29, 1.82) is 0 Å². The van der Waals surface area contributed by atoms with E-state index in [2.05, 4.69) is 83.9 Å². The molecule has 1 aliphatic rings. The minimum absolute atomic E-state index is 0.0530. The molecule has 3 heterocycles. The van der Waals surface area contributed by atoms with Crippen LogP contribution in [0.25, 0.3) is 5.69 Å². The molecule has 0 bridgehead atoms. The first-order chi connectivity index (χ1) is 16.3. The van der Waals surface area contributed by atoms with Crippen molar-refractivity contribution in [1.82, 2.24) is 14.9 Å².